The molecule has 0 atom stereocenters. The molecule has 0 unspecified atom stereocenters. The molecule has 3 N–H and O–H groups in total. The summed E-state index contributed by atoms with van der Waals surface area (Å²) in [6, 6.07) is 13.9. The van der Waals surface area contributed by atoms with Gasteiger partial charge in [-0.05, 0) is 36.1 Å². The van der Waals surface area contributed by atoms with Crippen molar-refractivity contribution in [2.75, 3.05) is 12.9 Å². The highest BCUT2D eigenvalue weighted by atomic mass is 35.5. The predicted molar refractivity (Wildman–Crippen MR) is 108 cm³/mol. The van der Waals surface area contributed by atoms with E-state index in [-0.39, 0.29) is 41.3 Å². The predicted octanol–water partition coefficient (Wildman–Crippen LogP) is 3.18. The summed E-state index contributed by atoms with van der Waals surface area (Å²) in [4.78, 5) is 11.3. The van der Waals surface area contributed by atoms with Gasteiger partial charge in [-0.3, -0.25) is 10.2 Å². The van der Waals surface area contributed by atoms with E-state index < -0.39 is 9.84 Å². The number of methoxy groups -OCH3 is 1. The van der Waals surface area contributed by atoms with Crippen molar-refractivity contribution < 1.29 is 17.9 Å². The van der Waals surface area contributed by atoms with Crippen molar-refractivity contribution >= 4 is 34.0 Å². The summed E-state index contributed by atoms with van der Waals surface area (Å²) in [5.74, 6) is -0.329. The zero-order valence-corrected chi connectivity index (χ0v) is 16.6. The summed E-state index contributed by atoms with van der Waals surface area (Å²) < 4.78 is 29.3. The molecule has 146 valence electrons. The van der Waals surface area contributed by atoms with Crippen molar-refractivity contribution in [2.45, 2.75) is 24.2 Å². The molecule has 0 saturated heterocycles. The van der Waals surface area contributed by atoms with Crippen LogP contribution in [-0.4, -0.2) is 33.1 Å². The Morgan fingerprint density at radius 1 is 1.00 bits per heavy atom. The molecule has 0 amide bonds. The van der Waals surface area contributed by atoms with Crippen LogP contribution < -0.4 is 5.73 Å². The van der Waals surface area contributed by atoms with E-state index >= 15 is 0 Å². The fraction of sp³-hybridized carbons (Fsp3) is 0.263. The molecule has 8 heteroatoms. The van der Waals surface area contributed by atoms with Crippen molar-refractivity contribution in [3.05, 3.63) is 54.1 Å². The maximum atomic E-state index is 12.4. The molecule has 0 bridgehead atoms. The second-order valence-electron chi connectivity index (χ2n) is 5.87. The van der Waals surface area contributed by atoms with Gasteiger partial charge in [0.2, 0.25) is 0 Å². The number of ether oxygens (including phenoxy) is 1. The van der Waals surface area contributed by atoms with E-state index in [0.717, 1.165) is 11.1 Å². The van der Waals surface area contributed by atoms with Gasteiger partial charge in [0.05, 0.1) is 17.8 Å². The van der Waals surface area contributed by atoms with Gasteiger partial charge in [-0.25, -0.2) is 8.42 Å². The first-order valence-corrected chi connectivity index (χ1v) is 9.83. The fourth-order valence-corrected chi connectivity index (χ4v) is 3.85. The van der Waals surface area contributed by atoms with Crippen molar-refractivity contribution in [2.24, 2.45) is 5.73 Å². The lowest BCUT2D eigenvalue weighted by Crippen LogP contribution is -2.10. The molecule has 0 heterocycles. The molecule has 0 radical (unpaired) electrons. The quantitative estimate of drug-likeness (QED) is 0.300. The van der Waals surface area contributed by atoms with Gasteiger partial charge in [-0.15, -0.1) is 12.4 Å². The summed E-state index contributed by atoms with van der Waals surface area (Å²) in [6.07, 6.45) is 1.11. The Morgan fingerprint density at radius 3 is 2.00 bits per heavy atom. The van der Waals surface area contributed by atoms with E-state index in [0.29, 0.717) is 18.4 Å². The number of nitrogens with two attached hydrogens (primary N) is 1. The average molecular weight is 411 g/mol. The highest BCUT2D eigenvalue weighted by molar-refractivity contribution is 7.91. The van der Waals surface area contributed by atoms with Gasteiger partial charge in [0.1, 0.15) is 5.84 Å². The zero-order chi connectivity index (χ0) is 19.2. The SMILES string of the molecule is COC(=O)CCCCS(=O)(=O)c1ccc(-c2ccc(C(=N)N)cc2)cc1.Cl. The van der Waals surface area contributed by atoms with Crippen LogP contribution in [-0.2, 0) is 19.4 Å². The van der Waals surface area contributed by atoms with Gasteiger partial charge in [-0.2, -0.15) is 0 Å². The van der Waals surface area contributed by atoms with Crippen LogP contribution in [0.2, 0.25) is 0 Å². The first kappa shape index (κ1) is 22.7. The Labute approximate surface area is 165 Å². The van der Waals surface area contributed by atoms with Crippen LogP contribution in [0, 0.1) is 5.41 Å². The van der Waals surface area contributed by atoms with Crippen LogP contribution in [0.1, 0.15) is 24.8 Å². The smallest absolute Gasteiger partial charge is 0.305 e. The van der Waals surface area contributed by atoms with Crippen molar-refractivity contribution in [1.29, 1.82) is 5.41 Å². The molecule has 0 aliphatic rings. The Morgan fingerprint density at radius 2 is 1.52 bits per heavy atom. The number of carbonyl (C=O) groups excluding carboxylic acids is 1. The highest BCUT2D eigenvalue weighted by Crippen LogP contribution is 2.22. The standard InChI is InChI=1S/C19H22N2O4S.ClH/c1-25-18(22)4-2-3-13-26(23,24)17-11-9-15(10-12-17)14-5-7-16(8-6-14)19(20)21;/h5-12H,2-4,13H2,1H3,(H3,20,21);1H. The van der Waals surface area contributed by atoms with E-state index in [2.05, 4.69) is 4.74 Å². The van der Waals surface area contributed by atoms with E-state index in [1.165, 1.54) is 7.11 Å². The van der Waals surface area contributed by atoms with Crippen LogP contribution in [0.5, 0.6) is 0 Å². The molecule has 6 nitrogen and oxygen atoms in total. The molecule has 0 aliphatic carbocycles. The summed E-state index contributed by atoms with van der Waals surface area (Å²) in [6.45, 7) is 0. The van der Waals surface area contributed by atoms with E-state index in [1.807, 2.05) is 12.1 Å². The van der Waals surface area contributed by atoms with E-state index in [4.69, 9.17) is 11.1 Å². The second-order valence-corrected chi connectivity index (χ2v) is 7.98. The lowest BCUT2D eigenvalue weighted by molar-refractivity contribution is -0.140. The molecule has 0 aromatic heterocycles. The van der Waals surface area contributed by atoms with E-state index in [1.54, 1.807) is 36.4 Å². The number of hydrogen-bond acceptors (Lipinski definition) is 5. The Hall–Kier alpha value is -2.38. The Kier molecular flexibility index (Phi) is 8.46. The molecule has 2 aromatic carbocycles. The Balaban J connectivity index is 0.00000364. The monoisotopic (exact) mass is 410 g/mol. The number of carbonyl (C=O) groups is 1. The van der Waals surface area contributed by atoms with Gasteiger partial charge >= 0.3 is 5.97 Å². The van der Waals surface area contributed by atoms with Crippen LogP contribution >= 0.6 is 12.4 Å². The molecular weight excluding hydrogens is 388 g/mol. The first-order chi connectivity index (χ1) is 12.3. The van der Waals surface area contributed by atoms with Crippen molar-refractivity contribution in [3.63, 3.8) is 0 Å². The van der Waals surface area contributed by atoms with Crippen molar-refractivity contribution in [1.82, 2.24) is 0 Å². The molecule has 27 heavy (non-hydrogen) atoms. The van der Waals surface area contributed by atoms with Gasteiger partial charge in [0.15, 0.2) is 9.84 Å². The third kappa shape index (κ3) is 6.37. The summed E-state index contributed by atoms with van der Waals surface area (Å²) >= 11 is 0. The minimum Gasteiger partial charge on any atom is -0.469 e. The minimum absolute atomic E-state index is 0. The lowest BCUT2D eigenvalue weighted by atomic mass is 10.0. The van der Waals surface area contributed by atoms with E-state index in [9.17, 15) is 13.2 Å². The first-order valence-electron chi connectivity index (χ1n) is 8.18. The number of nitrogens with one attached hydrogen (secondary N) is 1. The molecule has 2 rings (SSSR count). The van der Waals surface area contributed by atoms with Gasteiger partial charge in [-0.1, -0.05) is 36.4 Å². The summed E-state index contributed by atoms with van der Waals surface area (Å²) in [5, 5.41) is 7.40. The van der Waals surface area contributed by atoms with Gasteiger partial charge < -0.3 is 10.5 Å². The number of sulfone groups is 1. The molecule has 2 aromatic rings. The highest BCUT2D eigenvalue weighted by Gasteiger charge is 2.14. The largest absolute Gasteiger partial charge is 0.469 e. The number of esters is 1. The Bertz CT molecular complexity index is 879. The fourth-order valence-electron chi connectivity index (χ4n) is 2.48. The van der Waals surface area contributed by atoms with Gasteiger partial charge in [0.25, 0.3) is 0 Å². The molecular formula is C19H23ClN2O4S. The van der Waals surface area contributed by atoms with Crippen LogP contribution in [0.15, 0.2) is 53.4 Å². The lowest BCUT2D eigenvalue weighted by Gasteiger charge is -2.07. The molecule has 0 aliphatic heterocycles. The maximum Gasteiger partial charge on any atom is 0.305 e. The number of rotatable bonds is 8. The topological polar surface area (TPSA) is 110 Å². The average Bonchev–Trinajstić information content (AvgIpc) is 2.65. The molecule has 0 fully saturated rings. The maximum absolute atomic E-state index is 12.4. The summed E-state index contributed by atoms with van der Waals surface area (Å²) in [5.41, 5.74) is 7.87. The zero-order valence-electron chi connectivity index (χ0n) is 15.0. The molecule has 0 spiro atoms. The number of hydrogen-bond donors (Lipinski definition) is 2. The summed E-state index contributed by atoms with van der Waals surface area (Å²) in [7, 11) is -2.06. The number of benzene rings is 2. The van der Waals surface area contributed by atoms with Crippen LogP contribution in [0.4, 0.5) is 0 Å². The molecule has 0 saturated carbocycles. The number of nitrogen functional groups attached to an aromatic ring is 1. The van der Waals surface area contributed by atoms with Crippen molar-refractivity contribution in [3.8, 4) is 11.1 Å². The second kappa shape index (κ2) is 10.1. The number of unbranched alkanes of at least 4 members (excludes halogenated alkanes) is 1. The minimum atomic E-state index is -3.38. The third-order valence-electron chi connectivity index (χ3n) is 4.01. The normalized spacial score (nSPS) is 10.7. The number of amidine groups is 1. The number of halogens is 1. The van der Waals surface area contributed by atoms with Crippen LogP contribution in [0.3, 0.4) is 0 Å². The van der Waals surface area contributed by atoms with Gasteiger partial charge in [0, 0.05) is 12.0 Å². The van der Waals surface area contributed by atoms with Crippen LogP contribution in [0.25, 0.3) is 11.1 Å². The third-order valence-corrected chi connectivity index (χ3v) is 5.83.